The minimum absolute atomic E-state index is 0.294. The second-order valence-corrected chi connectivity index (χ2v) is 6.64. The maximum atomic E-state index is 12.4. The highest BCUT2D eigenvalue weighted by Crippen LogP contribution is 2.22. The molecule has 0 saturated heterocycles. The molecule has 0 aromatic heterocycles. The summed E-state index contributed by atoms with van der Waals surface area (Å²) < 4.78 is 10.8. The molecule has 0 radical (unpaired) electrons. The number of benzene rings is 3. The number of esters is 2. The molecule has 0 spiro atoms. The second kappa shape index (κ2) is 8.82. The number of hydrogen-bond donors (Lipinski definition) is 0. The summed E-state index contributed by atoms with van der Waals surface area (Å²) in [6, 6.07) is 16.4. The SMILES string of the molecule is C#Cc1cc(C)ccc1C(=O)Oc1ccc(OC(=O)c2ccc(C)cc2C#C)cc1. The van der Waals surface area contributed by atoms with Gasteiger partial charge < -0.3 is 9.47 Å². The molecule has 4 nitrogen and oxygen atoms in total. The van der Waals surface area contributed by atoms with Gasteiger partial charge in [0.15, 0.2) is 0 Å². The van der Waals surface area contributed by atoms with Crippen LogP contribution in [0.3, 0.4) is 0 Å². The lowest BCUT2D eigenvalue weighted by molar-refractivity contribution is 0.0719. The summed E-state index contributed by atoms with van der Waals surface area (Å²) in [4.78, 5) is 24.9. The lowest BCUT2D eigenvalue weighted by Gasteiger charge is -2.09. The van der Waals surface area contributed by atoms with Gasteiger partial charge in [0.1, 0.15) is 11.5 Å². The molecule has 0 aliphatic heterocycles. The number of aryl methyl sites for hydroxylation is 2. The fraction of sp³-hybridized carbons (Fsp3) is 0.0769. The van der Waals surface area contributed by atoms with Crippen LogP contribution in [0.1, 0.15) is 43.0 Å². The molecule has 0 bridgehead atoms. The summed E-state index contributed by atoms with van der Waals surface area (Å²) in [6.07, 6.45) is 11.0. The molecule has 3 rings (SSSR count). The molecule has 0 fully saturated rings. The van der Waals surface area contributed by atoms with Crippen molar-refractivity contribution in [1.29, 1.82) is 0 Å². The molecular weight excluding hydrogens is 376 g/mol. The first-order chi connectivity index (χ1) is 14.4. The van der Waals surface area contributed by atoms with Crippen LogP contribution < -0.4 is 9.47 Å². The Morgan fingerprint density at radius 1 is 0.667 bits per heavy atom. The number of hydrogen-bond acceptors (Lipinski definition) is 4. The topological polar surface area (TPSA) is 52.6 Å². The lowest BCUT2D eigenvalue weighted by atomic mass is 10.1. The van der Waals surface area contributed by atoms with Gasteiger partial charge in [-0.15, -0.1) is 12.8 Å². The van der Waals surface area contributed by atoms with Crippen molar-refractivity contribution in [2.45, 2.75) is 13.8 Å². The molecule has 0 saturated carbocycles. The zero-order chi connectivity index (χ0) is 21.7. The minimum atomic E-state index is -0.564. The molecule has 3 aromatic rings. The first kappa shape index (κ1) is 20.5. The van der Waals surface area contributed by atoms with Gasteiger partial charge in [-0.1, -0.05) is 24.0 Å². The first-order valence-corrected chi connectivity index (χ1v) is 9.10. The first-order valence-electron chi connectivity index (χ1n) is 9.10. The summed E-state index contributed by atoms with van der Waals surface area (Å²) in [5.74, 6) is 4.44. The molecule has 30 heavy (non-hydrogen) atoms. The standard InChI is InChI=1S/C26H18O4/c1-5-19-15-17(3)7-13-23(19)25(27)29-21-9-11-22(12-10-21)30-26(28)24-14-8-18(4)16-20(24)6-2/h1-2,7-16H,3-4H3. The Morgan fingerprint density at radius 3 is 1.37 bits per heavy atom. The highest BCUT2D eigenvalue weighted by molar-refractivity contribution is 5.94. The number of carbonyl (C=O) groups is 2. The lowest BCUT2D eigenvalue weighted by Crippen LogP contribution is -2.11. The Labute approximate surface area is 175 Å². The van der Waals surface area contributed by atoms with Crippen LogP contribution in [0.15, 0.2) is 60.7 Å². The van der Waals surface area contributed by atoms with E-state index in [2.05, 4.69) is 11.8 Å². The van der Waals surface area contributed by atoms with E-state index in [9.17, 15) is 9.59 Å². The Bertz CT molecular complexity index is 1110. The van der Waals surface area contributed by atoms with Crippen LogP contribution in [-0.4, -0.2) is 11.9 Å². The molecule has 4 heteroatoms. The number of terminal acetylenes is 2. The van der Waals surface area contributed by atoms with E-state index in [-0.39, 0.29) is 0 Å². The van der Waals surface area contributed by atoms with Crippen LogP contribution in [0, 0.1) is 38.5 Å². The van der Waals surface area contributed by atoms with E-state index in [1.165, 1.54) is 24.3 Å². The summed E-state index contributed by atoms with van der Waals surface area (Å²) in [6.45, 7) is 3.78. The van der Waals surface area contributed by atoms with Crippen LogP contribution in [0.4, 0.5) is 0 Å². The van der Waals surface area contributed by atoms with Crippen LogP contribution in [-0.2, 0) is 0 Å². The Balaban J connectivity index is 1.71. The smallest absolute Gasteiger partial charge is 0.344 e. The Hall–Kier alpha value is -4.28. The number of carbonyl (C=O) groups excluding carboxylic acids is 2. The van der Waals surface area contributed by atoms with Gasteiger partial charge >= 0.3 is 11.9 Å². The Kier molecular flexibility index (Phi) is 6.01. The van der Waals surface area contributed by atoms with Gasteiger partial charge in [-0.3, -0.25) is 0 Å². The average Bonchev–Trinajstić information content (AvgIpc) is 2.74. The van der Waals surface area contributed by atoms with Crippen molar-refractivity contribution in [2.24, 2.45) is 0 Å². The molecule has 0 amide bonds. The second-order valence-electron chi connectivity index (χ2n) is 6.64. The predicted molar refractivity (Wildman–Crippen MR) is 115 cm³/mol. The van der Waals surface area contributed by atoms with Crippen LogP contribution in [0.25, 0.3) is 0 Å². The van der Waals surface area contributed by atoms with Crippen molar-refractivity contribution in [3.05, 3.63) is 94.0 Å². The zero-order valence-corrected chi connectivity index (χ0v) is 16.6. The summed E-state index contributed by atoms with van der Waals surface area (Å²) >= 11 is 0. The van der Waals surface area contributed by atoms with Gasteiger partial charge in [-0.25, -0.2) is 9.59 Å². The van der Waals surface area contributed by atoms with E-state index >= 15 is 0 Å². The molecule has 0 aliphatic carbocycles. The third kappa shape index (κ3) is 4.58. The van der Waals surface area contributed by atoms with Crippen LogP contribution in [0.2, 0.25) is 0 Å². The Morgan fingerprint density at radius 2 is 1.03 bits per heavy atom. The van der Waals surface area contributed by atoms with E-state index in [1.54, 1.807) is 36.4 Å². The molecular formula is C26H18O4. The summed E-state index contributed by atoms with van der Waals surface area (Å²) in [7, 11) is 0. The molecule has 0 aliphatic rings. The molecule has 0 N–H and O–H groups in total. The molecule has 0 unspecified atom stereocenters. The van der Waals surface area contributed by atoms with E-state index in [0.717, 1.165) is 11.1 Å². The molecule has 0 heterocycles. The average molecular weight is 394 g/mol. The van der Waals surface area contributed by atoms with E-state index in [1.807, 2.05) is 13.8 Å². The fourth-order valence-electron chi connectivity index (χ4n) is 2.81. The van der Waals surface area contributed by atoms with Gasteiger partial charge in [0.05, 0.1) is 11.1 Å². The summed E-state index contributed by atoms with van der Waals surface area (Å²) in [5, 5.41) is 0. The zero-order valence-electron chi connectivity index (χ0n) is 16.6. The predicted octanol–water partition coefficient (Wildman–Crippen LogP) is 4.70. The summed E-state index contributed by atoms with van der Waals surface area (Å²) in [5.41, 5.74) is 3.44. The van der Waals surface area contributed by atoms with Crippen molar-refractivity contribution in [3.8, 4) is 36.2 Å². The van der Waals surface area contributed by atoms with E-state index in [0.29, 0.717) is 33.8 Å². The van der Waals surface area contributed by atoms with Gasteiger partial charge in [0, 0.05) is 11.1 Å². The maximum Gasteiger partial charge on any atom is 0.344 e. The van der Waals surface area contributed by atoms with Crippen molar-refractivity contribution in [1.82, 2.24) is 0 Å². The van der Waals surface area contributed by atoms with Gasteiger partial charge in [0.2, 0.25) is 0 Å². The largest absolute Gasteiger partial charge is 0.423 e. The van der Waals surface area contributed by atoms with Crippen LogP contribution in [0.5, 0.6) is 11.5 Å². The van der Waals surface area contributed by atoms with Crippen molar-refractivity contribution < 1.29 is 19.1 Å². The van der Waals surface area contributed by atoms with E-state index in [4.69, 9.17) is 22.3 Å². The van der Waals surface area contributed by atoms with Gasteiger partial charge in [-0.05, 0) is 73.5 Å². The maximum absolute atomic E-state index is 12.4. The molecule has 146 valence electrons. The number of rotatable bonds is 4. The van der Waals surface area contributed by atoms with E-state index < -0.39 is 11.9 Å². The normalized spacial score (nSPS) is 9.87. The molecule has 3 aromatic carbocycles. The monoisotopic (exact) mass is 394 g/mol. The molecule has 0 atom stereocenters. The third-order valence-electron chi connectivity index (χ3n) is 4.35. The van der Waals surface area contributed by atoms with Crippen molar-refractivity contribution >= 4 is 11.9 Å². The number of ether oxygens (including phenoxy) is 2. The third-order valence-corrected chi connectivity index (χ3v) is 4.35. The van der Waals surface area contributed by atoms with Crippen molar-refractivity contribution in [3.63, 3.8) is 0 Å². The quantitative estimate of drug-likeness (QED) is 0.366. The minimum Gasteiger partial charge on any atom is -0.423 e. The highest BCUT2D eigenvalue weighted by atomic mass is 16.5. The van der Waals surface area contributed by atoms with Gasteiger partial charge in [-0.2, -0.15) is 0 Å². The fourth-order valence-corrected chi connectivity index (χ4v) is 2.81. The highest BCUT2D eigenvalue weighted by Gasteiger charge is 2.15. The van der Waals surface area contributed by atoms with Gasteiger partial charge in [0.25, 0.3) is 0 Å². The van der Waals surface area contributed by atoms with Crippen LogP contribution >= 0.6 is 0 Å². The van der Waals surface area contributed by atoms with Crippen molar-refractivity contribution in [2.75, 3.05) is 0 Å².